The molecule has 1 aliphatic carbocycles. The second-order valence-corrected chi connectivity index (χ2v) is 8.25. The molecule has 0 atom stereocenters. The summed E-state index contributed by atoms with van der Waals surface area (Å²) in [6.45, 7) is 4.67. The van der Waals surface area contributed by atoms with Crippen LogP contribution in [0.2, 0.25) is 0 Å². The van der Waals surface area contributed by atoms with Crippen molar-refractivity contribution >= 4 is 29.3 Å². The molecule has 6 nitrogen and oxygen atoms in total. The first-order valence-electron chi connectivity index (χ1n) is 9.62. The summed E-state index contributed by atoms with van der Waals surface area (Å²) in [5.41, 5.74) is 2.25. The fraction of sp³-hybridized carbons (Fsp3) is 0.381. The van der Waals surface area contributed by atoms with Crippen molar-refractivity contribution in [1.82, 2.24) is 15.0 Å². The van der Waals surface area contributed by atoms with Crippen molar-refractivity contribution in [2.45, 2.75) is 55.5 Å². The number of hydrogen-bond donors (Lipinski definition) is 1. The van der Waals surface area contributed by atoms with Crippen LogP contribution < -0.4 is 5.32 Å². The summed E-state index contributed by atoms with van der Waals surface area (Å²) in [4.78, 5) is 30.9. The van der Waals surface area contributed by atoms with E-state index in [1.807, 2.05) is 37.3 Å². The first kappa shape index (κ1) is 18.8. The van der Waals surface area contributed by atoms with Gasteiger partial charge in [0.1, 0.15) is 17.4 Å². The van der Waals surface area contributed by atoms with Gasteiger partial charge in [-0.15, -0.1) is 0 Å². The van der Waals surface area contributed by atoms with Gasteiger partial charge in [-0.3, -0.25) is 9.79 Å². The van der Waals surface area contributed by atoms with Crippen molar-refractivity contribution < 1.29 is 4.79 Å². The smallest absolute Gasteiger partial charge is 0.232 e. The molecular formula is C21H23N5OS. The third kappa shape index (κ3) is 4.84. The first-order valence-corrected chi connectivity index (χ1v) is 10.4. The number of ketones is 1. The highest BCUT2D eigenvalue weighted by molar-refractivity contribution is 7.99. The summed E-state index contributed by atoms with van der Waals surface area (Å²) in [6.07, 6.45) is 5.34. The van der Waals surface area contributed by atoms with Crippen molar-refractivity contribution in [3.8, 4) is 0 Å². The zero-order valence-electron chi connectivity index (χ0n) is 16.1. The molecule has 1 fully saturated rings. The zero-order chi connectivity index (χ0) is 19.5. The number of carbonyl (C=O) groups excluding carboxylic acids is 1. The molecule has 2 aliphatic rings. The number of aromatic nitrogens is 3. The average molecular weight is 394 g/mol. The molecule has 0 radical (unpaired) electrons. The molecule has 1 N–H and O–H groups in total. The molecule has 28 heavy (non-hydrogen) atoms. The lowest BCUT2D eigenvalue weighted by molar-refractivity contribution is -0.118. The van der Waals surface area contributed by atoms with E-state index in [0.717, 1.165) is 41.5 Å². The van der Waals surface area contributed by atoms with Crippen LogP contribution >= 0.6 is 11.8 Å². The van der Waals surface area contributed by atoms with Gasteiger partial charge in [-0.05, 0) is 60.9 Å². The van der Waals surface area contributed by atoms with Crippen molar-refractivity contribution in [3.63, 3.8) is 0 Å². The quantitative estimate of drug-likeness (QED) is 0.760. The number of nitrogens with zero attached hydrogens (tertiary/aromatic N) is 4. The summed E-state index contributed by atoms with van der Waals surface area (Å²) in [7, 11) is 0. The number of carbonyl (C=O) groups is 1. The monoisotopic (exact) mass is 393 g/mol. The number of anilines is 1. The molecule has 1 aromatic carbocycles. The number of benzene rings is 1. The topological polar surface area (TPSA) is 80.1 Å². The number of Topliss-reactive ketones (excluding diaryl/α,β-unsaturated/α-hetero) is 1. The summed E-state index contributed by atoms with van der Waals surface area (Å²) in [6, 6.07) is 8.03. The van der Waals surface area contributed by atoms with E-state index in [4.69, 9.17) is 0 Å². The van der Waals surface area contributed by atoms with Gasteiger partial charge in [-0.1, -0.05) is 19.1 Å². The van der Waals surface area contributed by atoms with E-state index in [-0.39, 0.29) is 5.78 Å². The van der Waals surface area contributed by atoms with Crippen molar-refractivity contribution in [2.24, 2.45) is 4.99 Å². The summed E-state index contributed by atoms with van der Waals surface area (Å²) >= 11 is 1.51. The number of rotatable bonds is 7. The van der Waals surface area contributed by atoms with E-state index in [1.165, 1.54) is 17.3 Å². The van der Waals surface area contributed by atoms with Crippen molar-refractivity contribution in [3.05, 3.63) is 47.3 Å². The van der Waals surface area contributed by atoms with E-state index >= 15 is 0 Å². The van der Waals surface area contributed by atoms with Gasteiger partial charge in [0, 0.05) is 23.7 Å². The van der Waals surface area contributed by atoms with Crippen LogP contribution in [0.3, 0.4) is 0 Å². The van der Waals surface area contributed by atoms with Crippen LogP contribution in [-0.4, -0.2) is 33.1 Å². The zero-order valence-corrected chi connectivity index (χ0v) is 16.9. The Morgan fingerprint density at radius 3 is 2.61 bits per heavy atom. The minimum absolute atomic E-state index is 0.252. The van der Waals surface area contributed by atoms with Crippen LogP contribution in [0.25, 0.3) is 0 Å². The van der Waals surface area contributed by atoms with Gasteiger partial charge in [0.15, 0.2) is 5.16 Å². The molecule has 0 saturated heterocycles. The fourth-order valence-electron chi connectivity index (χ4n) is 2.86. The molecule has 1 aromatic heterocycles. The van der Waals surface area contributed by atoms with Gasteiger partial charge < -0.3 is 5.32 Å². The Morgan fingerprint density at radius 1 is 1.18 bits per heavy atom. The second-order valence-electron chi connectivity index (χ2n) is 7.21. The third-order valence-electron chi connectivity index (χ3n) is 4.62. The SMILES string of the molecule is CCC(=O)Cc1ccc(Sc2nc(NC3=NCC(C)=C3)nc(C3CC3)n2)cc1. The molecule has 4 rings (SSSR count). The van der Waals surface area contributed by atoms with Crippen LogP contribution in [0, 0.1) is 0 Å². The second kappa shape index (κ2) is 8.22. The van der Waals surface area contributed by atoms with Gasteiger partial charge in [0.25, 0.3) is 0 Å². The minimum Gasteiger partial charge on any atom is -0.309 e. The molecule has 0 unspecified atom stereocenters. The lowest BCUT2D eigenvalue weighted by Gasteiger charge is -2.08. The normalized spacial score (nSPS) is 15.9. The van der Waals surface area contributed by atoms with E-state index in [1.54, 1.807) is 0 Å². The molecule has 0 amide bonds. The lowest BCUT2D eigenvalue weighted by atomic mass is 10.1. The lowest BCUT2D eigenvalue weighted by Crippen LogP contribution is -2.12. The minimum atomic E-state index is 0.252. The largest absolute Gasteiger partial charge is 0.309 e. The first-order chi connectivity index (χ1) is 13.6. The fourth-order valence-corrected chi connectivity index (χ4v) is 3.61. The Morgan fingerprint density at radius 2 is 1.96 bits per heavy atom. The number of hydrogen-bond acceptors (Lipinski definition) is 7. The van der Waals surface area contributed by atoms with Crippen LogP contribution in [0.15, 0.2) is 51.0 Å². The predicted octanol–water partition coefficient (Wildman–Crippen LogP) is 4.19. The number of aliphatic imine (C=N–C) groups is 1. The Labute approximate surface area is 169 Å². The van der Waals surface area contributed by atoms with Crippen LogP contribution in [0.5, 0.6) is 0 Å². The van der Waals surface area contributed by atoms with E-state index in [0.29, 0.717) is 29.9 Å². The van der Waals surface area contributed by atoms with E-state index < -0.39 is 0 Å². The maximum Gasteiger partial charge on any atom is 0.232 e. The molecule has 0 spiro atoms. The van der Waals surface area contributed by atoms with Gasteiger partial charge in [-0.2, -0.15) is 9.97 Å². The van der Waals surface area contributed by atoms with E-state index in [9.17, 15) is 4.79 Å². The Balaban J connectivity index is 1.51. The standard InChI is InChI=1S/C21H23N5OS/c1-3-16(27)11-14-4-8-17(9-5-14)28-21-25-19(15-6-7-15)24-20(26-21)23-18-10-13(2)12-22-18/h4-5,8-10,15H,3,6-7,11-12H2,1-2H3,(H,22,23,24,25,26). The van der Waals surface area contributed by atoms with E-state index in [2.05, 4.69) is 32.2 Å². The summed E-state index contributed by atoms with van der Waals surface area (Å²) in [5.74, 6) is 2.89. The molecule has 7 heteroatoms. The molecular weight excluding hydrogens is 370 g/mol. The number of nitrogens with one attached hydrogen (secondary N) is 1. The third-order valence-corrected chi connectivity index (χ3v) is 5.50. The van der Waals surface area contributed by atoms with Gasteiger partial charge in [0.2, 0.25) is 5.95 Å². The number of amidine groups is 1. The molecule has 0 bridgehead atoms. The maximum absolute atomic E-state index is 11.6. The molecule has 1 aliphatic heterocycles. The Hall–Kier alpha value is -2.54. The van der Waals surface area contributed by atoms with Crippen molar-refractivity contribution in [2.75, 3.05) is 11.9 Å². The highest BCUT2D eigenvalue weighted by Gasteiger charge is 2.28. The summed E-state index contributed by atoms with van der Waals surface area (Å²) in [5, 5.41) is 3.90. The molecule has 2 aromatic rings. The Bertz CT molecular complexity index is 948. The summed E-state index contributed by atoms with van der Waals surface area (Å²) < 4.78 is 0. The highest BCUT2D eigenvalue weighted by Crippen LogP contribution is 2.39. The highest BCUT2D eigenvalue weighted by atomic mass is 32.2. The van der Waals surface area contributed by atoms with Crippen LogP contribution in [0.4, 0.5) is 5.95 Å². The molecule has 2 heterocycles. The van der Waals surface area contributed by atoms with Crippen LogP contribution in [0.1, 0.15) is 50.4 Å². The molecule has 1 saturated carbocycles. The van der Waals surface area contributed by atoms with Crippen LogP contribution in [-0.2, 0) is 11.2 Å². The van der Waals surface area contributed by atoms with Gasteiger partial charge in [-0.25, -0.2) is 4.98 Å². The maximum atomic E-state index is 11.6. The van der Waals surface area contributed by atoms with Crippen molar-refractivity contribution in [1.29, 1.82) is 0 Å². The molecule has 144 valence electrons. The average Bonchev–Trinajstić information content (AvgIpc) is 3.46. The van der Waals surface area contributed by atoms with Gasteiger partial charge >= 0.3 is 0 Å². The Kier molecular flexibility index (Phi) is 5.52. The predicted molar refractivity (Wildman–Crippen MR) is 111 cm³/mol. The van der Waals surface area contributed by atoms with Gasteiger partial charge in [0.05, 0.1) is 6.54 Å².